The standard InChI is InChI=1S/C20H23F2N3O2/c1-27-17-4-2-3-15(13-17)7-8-23-20(26)25-11-9-24(10-12-25)16-5-6-18(21)19(22)14-16/h2-6,13-14H,7-12H2,1H3,(H,23,26). The minimum absolute atomic E-state index is 0.108. The van der Waals surface area contributed by atoms with Crippen LogP contribution < -0.4 is 15.0 Å². The lowest BCUT2D eigenvalue weighted by molar-refractivity contribution is 0.194. The molecule has 1 saturated heterocycles. The van der Waals surface area contributed by atoms with Crippen LogP contribution in [-0.2, 0) is 6.42 Å². The molecule has 0 spiro atoms. The van der Waals surface area contributed by atoms with Crippen molar-refractivity contribution in [2.75, 3.05) is 44.7 Å². The van der Waals surface area contributed by atoms with Gasteiger partial charge in [0.2, 0.25) is 0 Å². The number of carbonyl (C=O) groups is 1. The smallest absolute Gasteiger partial charge is 0.317 e. The Bertz CT molecular complexity index is 793. The van der Waals surface area contributed by atoms with Gasteiger partial charge in [0.1, 0.15) is 5.75 Å². The lowest BCUT2D eigenvalue weighted by Gasteiger charge is -2.36. The van der Waals surface area contributed by atoms with E-state index in [1.165, 1.54) is 6.07 Å². The van der Waals surface area contributed by atoms with Crippen LogP contribution in [0.1, 0.15) is 5.56 Å². The van der Waals surface area contributed by atoms with Crippen molar-refractivity contribution in [1.82, 2.24) is 10.2 Å². The van der Waals surface area contributed by atoms with Crippen LogP contribution in [0.15, 0.2) is 42.5 Å². The van der Waals surface area contributed by atoms with E-state index in [9.17, 15) is 13.6 Å². The third-order valence-corrected chi connectivity index (χ3v) is 4.66. The number of amides is 2. The van der Waals surface area contributed by atoms with Crippen molar-refractivity contribution < 1.29 is 18.3 Å². The maximum atomic E-state index is 13.4. The first-order valence-electron chi connectivity index (χ1n) is 8.92. The van der Waals surface area contributed by atoms with E-state index >= 15 is 0 Å². The molecule has 1 N–H and O–H groups in total. The molecule has 0 unspecified atom stereocenters. The van der Waals surface area contributed by atoms with Crippen LogP contribution in [0.25, 0.3) is 0 Å². The predicted molar refractivity (Wildman–Crippen MR) is 100 cm³/mol. The lowest BCUT2D eigenvalue weighted by Crippen LogP contribution is -2.52. The number of nitrogens with zero attached hydrogens (tertiary/aromatic N) is 2. The Balaban J connectivity index is 1.44. The Morgan fingerprint density at radius 1 is 1.07 bits per heavy atom. The second-order valence-electron chi connectivity index (χ2n) is 6.41. The van der Waals surface area contributed by atoms with Gasteiger partial charge in [-0.3, -0.25) is 0 Å². The molecule has 1 aliphatic rings. The number of piperazine rings is 1. The molecule has 27 heavy (non-hydrogen) atoms. The molecule has 1 fully saturated rings. The number of halogens is 2. The minimum Gasteiger partial charge on any atom is -0.497 e. The van der Waals surface area contributed by atoms with Gasteiger partial charge < -0.3 is 19.9 Å². The third-order valence-electron chi connectivity index (χ3n) is 4.66. The summed E-state index contributed by atoms with van der Waals surface area (Å²) < 4.78 is 31.6. The van der Waals surface area contributed by atoms with Crippen LogP contribution >= 0.6 is 0 Å². The van der Waals surface area contributed by atoms with E-state index in [1.807, 2.05) is 29.2 Å². The Kier molecular flexibility index (Phi) is 6.11. The summed E-state index contributed by atoms with van der Waals surface area (Å²) in [5, 5.41) is 2.93. The van der Waals surface area contributed by atoms with Crippen molar-refractivity contribution in [1.29, 1.82) is 0 Å². The van der Waals surface area contributed by atoms with Crippen molar-refractivity contribution >= 4 is 11.7 Å². The molecule has 2 aromatic rings. The maximum Gasteiger partial charge on any atom is 0.317 e. The zero-order valence-electron chi connectivity index (χ0n) is 15.3. The summed E-state index contributed by atoms with van der Waals surface area (Å²) in [4.78, 5) is 16.0. The lowest BCUT2D eigenvalue weighted by atomic mass is 10.1. The fourth-order valence-corrected chi connectivity index (χ4v) is 3.10. The van der Waals surface area contributed by atoms with Gasteiger partial charge in [-0.15, -0.1) is 0 Å². The minimum atomic E-state index is -0.856. The zero-order valence-corrected chi connectivity index (χ0v) is 15.3. The van der Waals surface area contributed by atoms with E-state index in [4.69, 9.17) is 4.74 Å². The maximum absolute atomic E-state index is 13.4. The van der Waals surface area contributed by atoms with Gasteiger partial charge in [-0.25, -0.2) is 13.6 Å². The molecule has 0 atom stereocenters. The third kappa shape index (κ3) is 4.87. The number of ether oxygens (including phenoxy) is 1. The number of benzene rings is 2. The summed E-state index contributed by atoms with van der Waals surface area (Å²) in [7, 11) is 1.63. The molecule has 1 heterocycles. The van der Waals surface area contributed by atoms with Crippen molar-refractivity contribution in [3.63, 3.8) is 0 Å². The summed E-state index contributed by atoms with van der Waals surface area (Å²) >= 11 is 0. The van der Waals surface area contributed by atoms with Crippen LogP contribution in [0.5, 0.6) is 5.75 Å². The van der Waals surface area contributed by atoms with Gasteiger partial charge in [-0.05, 0) is 36.2 Å². The molecule has 0 saturated carbocycles. The SMILES string of the molecule is COc1cccc(CCNC(=O)N2CCN(c3ccc(F)c(F)c3)CC2)c1. The Morgan fingerprint density at radius 2 is 1.85 bits per heavy atom. The zero-order chi connectivity index (χ0) is 19.2. The monoisotopic (exact) mass is 375 g/mol. The van der Waals surface area contributed by atoms with Gasteiger partial charge in [0, 0.05) is 44.5 Å². The van der Waals surface area contributed by atoms with Gasteiger partial charge in [0.05, 0.1) is 7.11 Å². The van der Waals surface area contributed by atoms with Gasteiger partial charge in [0.15, 0.2) is 11.6 Å². The second kappa shape index (κ2) is 8.70. The van der Waals surface area contributed by atoms with Crippen molar-refractivity contribution in [2.24, 2.45) is 0 Å². The number of hydrogen-bond donors (Lipinski definition) is 1. The van der Waals surface area contributed by atoms with Gasteiger partial charge >= 0.3 is 6.03 Å². The van der Waals surface area contributed by atoms with Gasteiger partial charge in [-0.1, -0.05) is 12.1 Å². The first-order chi connectivity index (χ1) is 13.1. The highest BCUT2D eigenvalue weighted by molar-refractivity contribution is 5.74. The Hall–Kier alpha value is -2.83. The average Bonchev–Trinajstić information content (AvgIpc) is 2.70. The molecular formula is C20H23F2N3O2. The highest BCUT2D eigenvalue weighted by Gasteiger charge is 2.21. The summed E-state index contributed by atoms with van der Waals surface area (Å²) in [6.45, 7) is 2.76. The first-order valence-corrected chi connectivity index (χ1v) is 8.92. The molecule has 2 amide bonds. The molecule has 0 radical (unpaired) electrons. The predicted octanol–water partition coefficient (Wildman–Crippen LogP) is 3.05. The van der Waals surface area contributed by atoms with E-state index in [-0.39, 0.29) is 6.03 Å². The van der Waals surface area contributed by atoms with E-state index in [0.717, 1.165) is 23.8 Å². The molecule has 0 bridgehead atoms. The molecule has 5 nitrogen and oxygen atoms in total. The quantitative estimate of drug-likeness (QED) is 0.874. The normalized spacial score (nSPS) is 14.2. The molecule has 144 valence electrons. The van der Waals surface area contributed by atoms with Gasteiger partial charge in [0.25, 0.3) is 0 Å². The van der Waals surface area contributed by atoms with Crippen molar-refractivity contribution in [2.45, 2.75) is 6.42 Å². The highest BCUT2D eigenvalue weighted by Crippen LogP contribution is 2.19. The first kappa shape index (κ1) is 18.9. The van der Waals surface area contributed by atoms with Crippen LogP contribution in [0.2, 0.25) is 0 Å². The Labute approximate surface area is 157 Å². The number of urea groups is 1. The summed E-state index contributed by atoms with van der Waals surface area (Å²) in [6.07, 6.45) is 0.720. The number of methoxy groups -OCH3 is 1. The van der Waals surface area contributed by atoms with E-state index < -0.39 is 11.6 Å². The second-order valence-corrected chi connectivity index (χ2v) is 6.41. The number of carbonyl (C=O) groups excluding carboxylic acids is 1. The molecule has 2 aromatic carbocycles. The van der Waals surface area contributed by atoms with Crippen molar-refractivity contribution in [3.05, 3.63) is 59.7 Å². The largest absolute Gasteiger partial charge is 0.497 e. The number of anilines is 1. The highest BCUT2D eigenvalue weighted by atomic mass is 19.2. The number of hydrogen-bond acceptors (Lipinski definition) is 3. The number of nitrogens with one attached hydrogen (secondary N) is 1. The van der Waals surface area contributed by atoms with Crippen LogP contribution in [0.3, 0.4) is 0 Å². The summed E-state index contributed by atoms with van der Waals surface area (Å²) in [6, 6.07) is 11.5. The fraction of sp³-hybridized carbons (Fsp3) is 0.350. The summed E-state index contributed by atoms with van der Waals surface area (Å²) in [5.41, 5.74) is 1.73. The van der Waals surface area contributed by atoms with E-state index in [2.05, 4.69) is 5.32 Å². The van der Waals surface area contributed by atoms with Crippen molar-refractivity contribution in [3.8, 4) is 5.75 Å². The topological polar surface area (TPSA) is 44.8 Å². The van der Waals surface area contributed by atoms with E-state index in [0.29, 0.717) is 38.4 Å². The summed E-state index contributed by atoms with van der Waals surface area (Å²) in [5.74, 6) is -0.912. The molecule has 0 aromatic heterocycles. The van der Waals surface area contributed by atoms with E-state index in [1.54, 1.807) is 18.1 Å². The fourth-order valence-electron chi connectivity index (χ4n) is 3.10. The Morgan fingerprint density at radius 3 is 2.56 bits per heavy atom. The van der Waals surface area contributed by atoms with Gasteiger partial charge in [-0.2, -0.15) is 0 Å². The van der Waals surface area contributed by atoms with Crippen LogP contribution in [0, 0.1) is 11.6 Å². The molecule has 1 aliphatic heterocycles. The molecule has 7 heteroatoms. The van der Waals surface area contributed by atoms with Crippen LogP contribution in [0.4, 0.5) is 19.3 Å². The van der Waals surface area contributed by atoms with Crippen LogP contribution in [-0.4, -0.2) is 50.8 Å². The average molecular weight is 375 g/mol. The number of rotatable bonds is 5. The molecule has 3 rings (SSSR count). The molecule has 0 aliphatic carbocycles. The molecular weight excluding hydrogens is 352 g/mol.